The largest absolute Gasteiger partial charge is 0.497 e. The molecule has 1 heterocycles. The summed E-state index contributed by atoms with van der Waals surface area (Å²) >= 11 is 0. The Balaban J connectivity index is 1.70. The fraction of sp³-hybridized carbons (Fsp3) is 0.619. The van der Waals surface area contributed by atoms with E-state index >= 15 is 0 Å². The van der Waals surface area contributed by atoms with Crippen molar-refractivity contribution in [3.05, 3.63) is 42.0 Å². The number of hydrogen-bond donors (Lipinski definition) is 1. The maximum absolute atomic E-state index is 10.4. The van der Waals surface area contributed by atoms with E-state index in [1.165, 1.54) is 0 Å². The molecule has 1 aromatic carbocycles. The van der Waals surface area contributed by atoms with E-state index < -0.39 is 11.9 Å². The van der Waals surface area contributed by atoms with Crippen LogP contribution in [0.1, 0.15) is 45.6 Å². The lowest BCUT2D eigenvalue weighted by atomic mass is 10.0. The van der Waals surface area contributed by atoms with E-state index in [0.717, 1.165) is 30.6 Å². The maximum Gasteiger partial charge on any atom is 0.163 e. The van der Waals surface area contributed by atoms with Crippen LogP contribution in [0.3, 0.4) is 0 Å². The molecule has 1 saturated heterocycles. The Kier molecular flexibility index (Phi) is 8.10. The minimum atomic E-state index is -0.671. The van der Waals surface area contributed by atoms with Crippen LogP contribution in [-0.2, 0) is 20.8 Å². The number of ether oxygens (including phenoxy) is 4. The lowest BCUT2D eigenvalue weighted by Crippen LogP contribution is -2.34. The molecule has 5 heteroatoms. The van der Waals surface area contributed by atoms with Crippen LogP contribution >= 0.6 is 0 Å². The topological polar surface area (TPSA) is 57.2 Å². The van der Waals surface area contributed by atoms with E-state index in [1.54, 1.807) is 13.2 Å². The molecule has 2 rings (SSSR count). The fourth-order valence-electron chi connectivity index (χ4n) is 3.07. The molecule has 0 amide bonds. The average molecular weight is 364 g/mol. The molecule has 3 atom stereocenters. The molecule has 0 radical (unpaired) electrons. The summed E-state index contributed by atoms with van der Waals surface area (Å²) in [4.78, 5) is 0. The van der Waals surface area contributed by atoms with Gasteiger partial charge in [0, 0.05) is 0 Å². The molecule has 26 heavy (non-hydrogen) atoms. The van der Waals surface area contributed by atoms with Gasteiger partial charge in [-0.25, -0.2) is 0 Å². The predicted molar refractivity (Wildman–Crippen MR) is 101 cm³/mol. The highest BCUT2D eigenvalue weighted by atomic mass is 16.8. The molecule has 0 spiro atoms. The van der Waals surface area contributed by atoms with Crippen molar-refractivity contribution in [1.29, 1.82) is 0 Å². The zero-order chi connectivity index (χ0) is 19.0. The summed E-state index contributed by atoms with van der Waals surface area (Å²) in [7, 11) is 1.65. The lowest BCUT2D eigenvalue weighted by Gasteiger charge is -2.19. The van der Waals surface area contributed by atoms with Crippen molar-refractivity contribution < 1.29 is 24.1 Å². The summed E-state index contributed by atoms with van der Waals surface area (Å²) in [6.07, 6.45) is 5.28. The fourth-order valence-corrected chi connectivity index (χ4v) is 3.07. The monoisotopic (exact) mass is 364 g/mol. The van der Waals surface area contributed by atoms with Gasteiger partial charge < -0.3 is 24.1 Å². The Morgan fingerprint density at radius 2 is 1.96 bits per heavy atom. The summed E-state index contributed by atoms with van der Waals surface area (Å²) in [6.45, 7) is 7.04. The molecule has 1 aliphatic heterocycles. The quantitative estimate of drug-likeness (QED) is 0.505. The van der Waals surface area contributed by atoms with Gasteiger partial charge in [-0.15, -0.1) is 0 Å². The molecule has 1 aromatic rings. The van der Waals surface area contributed by atoms with Crippen LogP contribution in [-0.4, -0.2) is 42.9 Å². The van der Waals surface area contributed by atoms with E-state index in [0.29, 0.717) is 13.2 Å². The third-order valence-electron chi connectivity index (χ3n) is 4.32. The van der Waals surface area contributed by atoms with E-state index in [4.69, 9.17) is 18.9 Å². The Morgan fingerprint density at radius 1 is 1.23 bits per heavy atom. The lowest BCUT2D eigenvalue weighted by molar-refractivity contribution is -0.152. The zero-order valence-corrected chi connectivity index (χ0v) is 16.3. The normalized spacial score (nSPS) is 23.4. The third kappa shape index (κ3) is 6.40. The molecule has 146 valence electrons. The average Bonchev–Trinajstić information content (AvgIpc) is 2.93. The second kappa shape index (κ2) is 10.1. The minimum Gasteiger partial charge on any atom is -0.497 e. The second-order valence-corrected chi connectivity index (χ2v) is 7.04. The van der Waals surface area contributed by atoms with Crippen LogP contribution < -0.4 is 4.74 Å². The van der Waals surface area contributed by atoms with Crippen LogP contribution in [0.15, 0.2) is 36.4 Å². The molecular weight excluding hydrogens is 332 g/mol. The van der Waals surface area contributed by atoms with Crippen molar-refractivity contribution in [2.24, 2.45) is 0 Å². The SMILES string of the molecule is CCCC1OC(C)(C)O[C@@H]1C(O)/C=C\CCOCc1ccc(OC)cc1. The highest BCUT2D eigenvalue weighted by Gasteiger charge is 2.43. The highest BCUT2D eigenvalue weighted by Crippen LogP contribution is 2.32. The summed E-state index contributed by atoms with van der Waals surface area (Å²) in [5.41, 5.74) is 1.11. The molecule has 5 nitrogen and oxygen atoms in total. The smallest absolute Gasteiger partial charge is 0.163 e. The van der Waals surface area contributed by atoms with E-state index in [9.17, 15) is 5.11 Å². The summed E-state index contributed by atoms with van der Waals surface area (Å²) < 4.78 is 22.5. The van der Waals surface area contributed by atoms with Crippen molar-refractivity contribution in [1.82, 2.24) is 0 Å². The minimum absolute atomic E-state index is 0.0685. The van der Waals surface area contributed by atoms with Crippen molar-refractivity contribution >= 4 is 0 Å². The number of hydrogen-bond acceptors (Lipinski definition) is 5. The van der Waals surface area contributed by atoms with E-state index in [1.807, 2.05) is 44.2 Å². The van der Waals surface area contributed by atoms with Gasteiger partial charge in [-0.3, -0.25) is 0 Å². The molecule has 1 fully saturated rings. The van der Waals surface area contributed by atoms with Gasteiger partial charge in [0.15, 0.2) is 5.79 Å². The van der Waals surface area contributed by atoms with Crippen molar-refractivity contribution in [3.63, 3.8) is 0 Å². The van der Waals surface area contributed by atoms with Crippen molar-refractivity contribution in [3.8, 4) is 5.75 Å². The standard InChI is InChI=1S/C21H32O5/c1-5-8-19-20(26-21(2,3)25-19)18(22)9-6-7-14-24-15-16-10-12-17(23-4)13-11-16/h6,9-13,18-20,22H,5,7-8,14-15H2,1-4H3/b9-6-/t18?,19?,20-/m1/s1. The van der Waals surface area contributed by atoms with E-state index in [-0.39, 0.29) is 12.2 Å². The Hall–Kier alpha value is -1.40. The number of aliphatic hydroxyl groups excluding tert-OH is 1. The van der Waals surface area contributed by atoms with Gasteiger partial charge in [-0.2, -0.15) is 0 Å². The predicted octanol–water partition coefficient (Wildman–Crippen LogP) is 3.84. The molecule has 2 unspecified atom stereocenters. The number of benzene rings is 1. The van der Waals surface area contributed by atoms with Crippen LogP contribution in [0.5, 0.6) is 5.75 Å². The van der Waals surface area contributed by atoms with Gasteiger partial charge in [0.05, 0.1) is 26.4 Å². The molecule has 1 aliphatic rings. The van der Waals surface area contributed by atoms with Gasteiger partial charge in [0.1, 0.15) is 18.0 Å². The Labute approximate surface area is 156 Å². The molecule has 1 N–H and O–H groups in total. The van der Waals surface area contributed by atoms with Gasteiger partial charge in [0.2, 0.25) is 0 Å². The third-order valence-corrected chi connectivity index (χ3v) is 4.32. The molecule has 0 bridgehead atoms. The van der Waals surface area contributed by atoms with E-state index in [2.05, 4.69) is 6.92 Å². The van der Waals surface area contributed by atoms with Crippen molar-refractivity contribution in [2.75, 3.05) is 13.7 Å². The van der Waals surface area contributed by atoms with Crippen LogP contribution in [0.2, 0.25) is 0 Å². The van der Waals surface area contributed by atoms with Gasteiger partial charge in [-0.1, -0.05) is 37.6 Å². The van der Waals surface area contributed by atoms with Crippen LogP contribution in [0.25, 0.3) is 0 Å². The van der Waals surface area contributed by atoms with Crippen molar-refractivity contribution in [2.45, 2.75) is 70.7 Å². The number of methoxy groups -OCH3 is 1. The molecular formula is C21H32O5. The first-order valence-corrected chi connectivity index (χ1v) is 9.36. The first kappa shape index (κ1) is 20.9. The van der Waals surface area contributed by atoms with Crippen LogP contribution in [0.4, 0.5) is 0 Å². The summed E-state index contributed by atoms with van der Waals surface area (Å²) in [6, 6.07) is 7.83. The zero-order valence-electron chi connectivity index (χ0n) is 16.3. The highest BCUT2D eigenvalue weighted by molar-refractivity contribution is 5.26. The van der Waals surface area contributed by atoms with Gasteiger partial charge >= 0.3 is 0 Å². The molecule has 0 aromatic heterocycles. The number of aliphatic hydroxyl groups is 1. The first-order valence-electron chi connectivity index (χ1n) is 9.36. The maximum atomic E-state index is 10.4. The Bertz CT molecular complexity index is 552. The summed E-state index contributed by atoms with van der Waals surface area (Å²) in [5, 5.41) is 10.4. The first-order chi connectivity index (χ1) is 12.4. The van der Waals surface area contributed by atoms with Crippen LogP contribution in [0, 0.1) is 0 Å². The second-order valence-electron chi connectivity index (χ2n) is 7.04. The number of rotatable bonds is 10. The Morgan fingerprint density at radius 3 is 2.62 bits per heavy atom. The molecule has 0 saturated carbocycles. The summed E-state index contributed by atoms with van der Waals surface area (Å²) in [5.74, 6) is 0.203. The molecule has 0 aliphatic carbocycles. The van der Waals surface area contributed by atoms with Gasteiger partial charge in [-0.05, 0) is 44.4 Å². The van der Waals surface area contributed by atoms with Gasteiger partial charge in [0.25, 0.3) is 0 Å².